The van der Waals surface area contributed by atoms with E-state index in [1.165, 1.54) is 0 Å². The highest BCUT2D eigenvalue weighted by atomic mass is 16.5. The van der Waals surface area contributed by atoms with Crippen molar-refractivity contribution >= 4 is 10.9 Å². The van der Waals surface area contributed by atoms with Crippen molar-refractivity contribution in [3.05, 3.63) is 36.5 Å². The summed E-state index contributed by atoms with van der Waals surface area (Å²) >= 11 is 0. The third-order valence-electron chi connectivity index (χ3n) is 3.10. The van der Waals surface area contributed by atoms with Crippen LogP contribution in [-0.2, 0) is 0 Å². The fraction of sp³-hybridized carbons (Fsp3) is 0.400. The number of hydrogen-bond donors (Lipinski definition) is 1. The average Bonchev–Trinajstić information content (AvgIpc) is 2.39. The van der Waals surface area contributed by atoms with Crippen LogP contribution in [0.1, 0.15) is 20.3 Å². The third-order valence-corrected chi connectivity index (χ3v) is 3.10. The summed E-state index contributed by atoms with van der Waals surface area (Å²) in [6.07, 6.45) is 2.94. The largest absolute Gasteiger partial charge is 0.488 e. The topological polar surface area (TPSA) is 34.1 Å². The van der Waals surface area contributed by atoms with E-state index >= 15 is 0 Å². The first-order chi connectivity index (χ1) is 8.70. The Hall–Kier alpha value is -1.61. The van der Waals surface area contributed by atoms with Crippen LogP contribution in [-0.4, -0.2) is 24.2 Å². The summed E-state index contributed by atoms with van der Waals surface area (Å²) in [6, 6.07) is 10.5. The minimum Gasteiger partial charge on any atom is -0.488 e. The van der Waals surface area contributed by atoms with Gasteiger partial charge < -0.3 is 10.1 Å². The van der Waals surface area contributed by atoms with Crippen LogP contribution in [0, 0.1) is 0 Å². The number of nitrogens with one attached hydrogen (secondary N) is 1. The molecule has 0 saturated carbocycles. The standard InChI is InChI=1S/C15H20N2O/c1-11(16-3)10-12(2)18-14-8-4-6-13-7-5-9-17-15(13)14/h4-9,11-12,16H,10H2,1-3H3. The summed E-state index contributed by atoms with van der Waals surface area (Å²) in [5.41, 5.74) is 0.934. The van der Waals surface area contributed by atoms with E-state index in [0.29, 0.717) is 6.04 Å². The first kappa shape index (κ1) is 12.8. The molecule has 2 rings (SSSR count). The molecule has 0 radical (unpaired) electrons. The molecule has 0 amide bonds. The second-order valence-corrected chi connectivity index (χ2v) is 4.69. The van der Waals surface area contributed by atoms with Gasteiger partial charge in [0.2, 0.25) is 0 Å². The van der Waals surface area contributed by atoms with Crippen molar-refractivity contribution in [2.75, 3.05) is 7.05 Å². The predicted molar refractivity (Wildman–Crippen MR) is 75.0 cm³/mol. The SMILES string of the molecule is CNC(C)CC(C)Oc1cccc2cccnc12. The van der Waals surface area contributed by atoms with Gasteiger partial charge in [0.15, 0.2) is 0 Å². The summed E-state index contributed by atoms with van der Waals surface area (Å²) in [4.78, 5) is 4.39. The molecule has 1 N–H and O–H groups in total. The molecule has 0 fully saturated rings. The predicted octanol–water partition coefficient (Wildman–Crippen LogP) is 3.00. The monoisotopic (exact) mass is 244 g/mol. The Bertz CT molecular complexity index is 507. The van der Waals surface area contributed by atoms with Gasteiger partial charge >= 0.3 is 0 Å². The number of rotatable bonds is 5. The van der Waals surface area contributed by atoms with Crippen LogP contribution in [0.4, 0.5) is 0 Å². The van der Waals surface area contributed by atoms with Crippen LogP contribution >= 0.6 is 0 Å². The summed E-state index contributed by atoms with van der Waals surface area (Å²) in [6.45, 7) is 4.25. The smallest absolute Gasteiger partial charge is 0.145 e. The molecule has 2 aromatic rings. The highest BCUT2D eigenvalue weighted by molar-refractivity contribution is 5.84. The fourth-order valence-electron chi connectivity index (χ4n) is 2.05. The van der Waals surface area contributed by atoms with Crippen molar-refractivity contribution in [1.82, 2.24) is 10.3 Å². The van der Waals surface area contributed by atoms with E-state index in [-0.39, 0.29) is 6.10 Å². The Kier molecular flexibility index (Phi) is 4.15. The van der Waals surface area contributed by atoms with Crippen LogP contribution in [0.15, 0.2) is 36.5 Å². The van der Waals surface area contributed by atoms with Crippen molar-refractivity contribution in [2.24, 2.45) is 0 Å². The zero-order valence-electron chi connectivity index (χ0n) is 11.2. The fourth-order valence-corrected chi connectivity index (χ4v) is 2.05. The lowest BCUT2D eigenvalue weighted by molar-refractivity contribution is 0.200. The molecular formula is C15H20N2O. The maximum Gasteiger partial charge on any atom is 0.145 e. The maximum absolute atomic E-state index is 6.00. The van der Waals surface area contributed by atoms with E-state index < -0.39 is 0 Å². The molecule has 1 aromatic carbocycles. The molecule has 3 heteroatoms. The molecule has 0 bridgehead atoms. The Morgan fingerprint density at radius 1 is 1.22 bits per heavy atom. The zero-order valence-corrected chi connectivity index (χ0v) is 11.2. The minimum atomic E-state index is 0.167. The van der Waals surface area contributed by atoms with Gasteiger partial charge in [0.1, 0.15) is 11.3 Å². The Morgan fingerprint density at radius 3 is 2.78 bits per heavy atom. The summed E-state index contributed by atoms with van der Waals surface area (Å²) in [5.74, 6) is 0.865. The first-order valence-corrected chi connectivity index (χ1v) is 6.38. The molecule has 0 spiro atoms. The van der Waals surface area contributed by atoms with Gasteiger partial charge in [-0.3, -0.25) is 4.98 Å². The van der Waals surface area contributed by atoms with E-state index in [1.54, 1.807) is 6.20 Å². The van der Waals surface area contributed by atoms with Crippen molar-refractivity contribution < 1.29 is 4.74 Å². The quantitative estimate of drug-likeness (QED) is 0.878. The van der Waals surface area contributed by atoms with Crippen LogP contribution in [0.5, 0.6) is 5.75 Å². The number of hydrogen-bond acceptors (Lipinski definition) is 3. The second-order valence-electron chi connectivity index (χ2n) is 4.69. The van der Waals surface area contributed by atoms with Gasteiger partial charge in [-0.05, 0) is 39.4 Å². The van der Waals surface area contributed by atoms with Crippen molar-refractivity contribution in [1.29, 1.82) is 0 Å². The molecule has 0 aliphatic carbocycles. The Morgan fingerprint density at radius 2 is 2.00 bits per heavy atom. The van der Waals surface area contributed by atoms with Crippen LogP contribution < -0.4 is 10.1 Å². The van der Waals surface area contributed by atoms with Crippen molar-refractivity contribution in [3.63, 3.8) is 0 Å². The molecule has 3 nitrogen and oxygen atoms in total. The molecule has 18 heavy (non-hydrogen) atoms. The van der Waals surface area contributed by atoms with Gasteiger partial charge in [-0.25, -0.2) is 0 Å². The number of para-hydroxylation sites is 1. The summed E-state index contributed by atoms with van der Waals surface area (Å²) in [5, 5.41) is 4.34. The third kappa shape index (κ3) is 2.99. The van der Waals surface area contributed by atoms with E-state index in [4.69, 9.17) is 4.74 Å². The van der Waals surface area contributed by atoms with E-state index in [1.807, 2.05) is 25.2 Å². The average molecular weight is 244 g/mol. The van der Waals surface area contributed by atoms with Gasteiger partial charge in [0.05, 0.1) is 6.10 Å². The number of benzene rings is 1. The second kappa shape index (κ2) is 5.83. The number of aromatic nitrogens is 1. The molecule has 0 aliphatic heterocycles. The van der Waals surface area contributed by atoms with Crippen LogP contribution in [0.2, 0.25) is 0 Å². The molecule has 2 atom stereocenters. The van der Waals surface area contributed by atoms with E-state index in [0.717, 1.165) is 23.1 Å². The molecule has 1 aromatic heterocycles. The molecule has 0 aliphatic rings. The van der Waals surface area contributed by atoms with Gasteiger partial charge in [-0.2, -0.15) is 0 Å². The summed E-state index contributed by atoms with van der Waals surface area (Å²) in [7, 11) is 1.97. The number of ether oxygens (including phenoxy) is 1. The Balaban J connectivity index is 2.16. The number of fused-ring (bicyclic) bond motifs is 1. The molecule has 1 heterocycles. The lowest BCUT2D eigenvalue weighted by atomic mass is 10.1. The lowest BCUT2D eigenvalue weighted by Gasteiger charge is -2.19. The zero-order chi connectivity index (χ0) is 13.0. The maximum atomic E-state index is 6.00. The van der Waals surface area contributed by atoms with E-state index in [2.05, 4.69) is 36.3 Å². The highest BCUT2D eigenvalue weighted by Crippen LogP contribution is 2.24. The first-order valence-electron chi connectivity index (χ1n) is 6.38. The van der Waals surface area contributed by atoms with Gasteiger partial charge in [-0.1, -0.05) is 18.2 Å². The number of pyridine rings is 1. The molecular weight excluding hydrogens is 224 g/mol. The molecule has 96 valence electrons. The Labute approximate surface area is 108 Å². The van der Waals surface area contributed by atoms with Crippen molar-refractivity contribution in [2.45, 2.75) is 32.4 Å². The van der Waals surface area contributed by atoms with Gasteiger partial charge in [0, 0.05) is 17.6 Å². The van der Waals surface area contributed by atoms with E-state index in [9.17, 15) is 0 Å². The van der Waals surface area contributed by atoms with Gasteiger partial charge in [-0.15, -0.1) is 0 Å². The molecule has 0 saturated heterocycles. The highest BCUT2D eigenvalue weighted by Gasteiger charge is 2.10. The van der Waals surface area contributed by atoms with Gasteiger partial charge in [0.25, 0.3) is 0 Å². The van der Waals surface area contributed by atoms with Crippen molar-refractivity contribution in [3.8, 4) is 5.75 Å². The number of nitrogens with zero attached hydrogens (tertiary/aromatic N) is 1. The minimum absolute atomic E-state index is 0.167. The lowest BCUT2D eigenvalue weighted by Crippen LogP contribution is -2.28. The van der Waals surface area contributed by atoms with Crippen LogP contribution in [0.3, 0.4) is 0 Å². The molecule has 2 unspecified atom stereocenters. The normalized spacial score (nSPS) is 14.4. The van der Waals surface area contributed by atoms with Crippen LogP contribution in [0.25, 0.3) is 10.9 Å². The summed E-state index contributed by atoms with van der Waals surface area (Å²) < 4.78 is 6.00.